The molecule has 1 aliphatic heterocycles. The fourth-order valence-electron chi connectivity index (χ4n) is 3.08. The van der Waals surface area contributed by atoms with Crippen LogP contribution in [0.2, 0.25) is 0 Å². The van der Waals surface area contributed by atoms with Crippen molar-refractivity contribution >= 4 is 27.9 Å². The van der Waals surface area contributed by atoms with Crippen molar-refractivity contribution in [2.75, 3.05) is 6.54 Å². The van der Waals surface area contributed by atoms with Crippen LogP contribution >= 0.6 is 0 Å². The molecule has 1 aliphatic rings. The maximum Gasteiger partial charge on any atom is 0.311 e. The fraction of sp³-hybridized carbons (Fsp3) is 0.250. The molecule has 3 rings (SSSR count). The van der Waals surface area contributed by atoms with Crippen molar-refractivity contribution in [3.8, 4) is 5.75 Å². The smallest absolute Gasteiger partial charge is 0.311 e. The number of carbonyl (C=O) groups excluding carboxylic acids is 3. The number of imide groups is 1. The number of carbonyl (C=O) groups is 3. The van der Waals surface area contributed by atoms with Crippen molar-refractivity contribution in [1.82, 2.24) is 4.90 Å². The number of hydrogen-bond acceptors (Lipinski definition) is 6. The van der Waals surface area contributed by atoms with Crippen LogP contribution in [0.5, 0.6) is 5.75 Å². The minimum Gasteiger partial charge on any atom is -0.425 e. The topological polar surface area (TPSA) is 118 Å². The van der Waals surface area contributed by atoms with E-state index in [2.05, 4.69) is 0 Å². The number of para-hydroxylation sites is 1. The number of nitrogens with zero attached hydrogens (tertiary/aromatic N) is 1. The van der Waals surface area contributed by atoms with E-state index in [0.29, 0.717) is 30.4 Å². The second-order valence-electron chi connectivity index (χ2n) is 6.51. The molecular weight excluding hydrogens is 398 g/mol. The second-order valence-corrected chi connectivity index (χ2v) is 7.90. The van der Waals surface area contributed by atoms with Crippen LogP contribution in [0.25, 0.3) is 0 Å². The van der Waals surface area contributed by atoms with E-state index in [-0.39, 0.29) is 30.5 Å². The Kier molecular flexibility index (Phi) is 6.09. The van der Waals surface area contributed by atoms with Gasteiger partial charge in [0, 0.05) is 13.0 Å². The molecule has 0 fully saturated rings. The van der Waals surface area contributed by atoms with Gasteiger partial charge in [-0.05, 0) is 37.1 Å². The van der Waals surface area contributed by atoms with Gasteiger partial charge in [0.1, 0.15) is 4.90 Å². The Balaban J connectivity index is 1.45. The number of hydrogen-bond donors (Lipinski definition) is 1. The lowest BCUT2D eigenvalue weighted by atomic mass is 10.1. The highest BCUT2D eigenvalue weighted by atomic mass is 32.2. The van der Waals surface area contributed by atoms with Crippen LogP contribution in [0.1, 0.15) is 46.4 Å². The molecule has 0 bridgehead atoms. The number of esters is 1. The van der Waals surface area contributed by atoms with Crippen LogP contribution in [-0.2, 0) is 14.9 Å². The maximum absolute atomic E-state index is 12.3. The highest BCUT2D eigenvalue weighted by Gasteiger charge is 2.34. The van der Waals surface area contributed by atoms with Gasteiger partial charge in [0.25, 0.3) is 21.9 Å². The first-order chi connectivity index (χ1) is 13.8. The molecule has 2 aromatic carbocycles. The molecule has 152 valence electrons. The van der Waals surface area contributed by atoms with Crippen LogP contribution in [0.15, 0.2) is 53.4 Å². The first kappa shape index (κ1) is 20.7. The first-order valence-corrected chi connectivity index (χ1v) is 10.5. The standard InChI is InChI=1S/C20H19NO7S/c22-18(28-16-10-5-6-11-17(16)29(25,26)27)12-2-1-7-13-21-19(23)14-8-3-4-9-15(14)20(21)24/h3-6,8-11H,1-2,7,12-13H2,(H,25,26,27). The Hall–Kier alpha value is -3.04. The zero-order chi connectivity index (χ0) is 21.0. The van der Waals surface area contributed by atoms with Crippen LogP contribution in [-0.4, -0.2) is 42.2 Å². The highest BCUT2D eigenvalue weighted by molar-refractivity contribution is 7.86. The molecule has 1 N–H and O–H groups in total. The predicted molar refractivity (Wildman–Crippen MR) is 102 cm³/mol. The summed E-state index contributed by atoms with van der Waals surface area (Å²) in [7, 11) is -4.50. The maximum atomic E-state index is 12.3. The lowest BCUT2D eigenvalue weighted by Gasteiger charge is -2.13. The van der Waals surface area contributed by atoms with E-state index in [0.717, 1.165) is 6.07 Å². The van der Waals surface area contributed by atoms with Gasteiger partial charge < -0.3 is 4.74 Å². The molecule has 1 heterocycles. The van der Waals surface area contributed by atoms with Crippen molar-refractivity contribution in [1.29, 1.82) is 0 Å². The zero-order valence-corrected chi connectivity index (χ0v) is 16.2. The van der Waals surface area contributed by atoms with Gasteiger partial charge in [-0.1, -0.05) is 30.7 Å². The summed E-state index contributed by atoms with van der Waals surface area (Å²) in [4.78, 5) is 37.2. The SMILES string of the molecule is O=C(CCCCCN1C(=O)c2ccccc2C1=O)Oc1ccccc1S(=O)(=O)O. The van der Waals surface area contributed by atoms with Crippen LogP contribution in [0.4, 0.5) is 0 Å². The van der Waals surface area contributed by atoms with E-state index in [1.165, 1.54) is 23.1 Å². The quantitative estimate of drug-likeness (QED) is 0.231. The van der Waals surface area contributed by atoms with Crippen LogP contribution in [0, 0.1) is 0 Å². The molecule has 0 aliphatic carbocycles. The Morgan fingerprint density at radius 1 is 0.897 bits per heavy atom. The summed E-state index contributed by atoms with van der Waals surface area (Å²) >= 11 is 0. The molecule has 9 heteroatoms. The van der Waals surface area contributed by atoms with Crippen molar-refractivity contribution in [3.05, 3.63) is 59.7 Å². The minimum atomic E-state index is -4.50. The van der Waals surface area contributed by atoms with E-state index >= 15 is 0 Å². The average molecular weight is 417 g/mol. The monoisotopic (exact) mass is 417 g/mol. The van der Waals surface area contributed by atoms with Gasteiger partial charge >= 0.3 is 5.97 Å². The number of amides is 2. The van der Waals surface area contributed by atoms with Crippen molar-refractivity contribution in [2.45, 2.75) is 30.6 Å². The van der Waals surface area contributed by atoms with Crippen molar-refractivity contribution < 1.29 is 32.1 Å². The van der Waals surface area contributed by atoms with E-state index in [4.69, 9.17) is 9.29 Å². The molecule has 0 saturated heterocycles. The van der Waals surface area contributed by atoms with Crippen molar-refractivity contribution in [2.24, 2.45) is 0 Å². The van der Waals surface area contributed by atoms with Gasteiger partial charge in [-0.25, -0.2) is 0 Å². The third-order valence-electron chi connectivity index (χ3n) is 4.49. The Morgan fingerprint density at radius 3 is 2.10 bits per heavy atom. The molecule has 0 atom stereocenters. The Morgan fingerprint density at radius 2 is 1.48 bits per heavy atom. The molecule has 0 unspecified atom stereocenters. The van der Waals surface area contributed by atoms with Gasteiger partial charge in [-0.2, -0.15) is 8.42 Å². The molecular formula is C20H19NO7S. The zero-order valence-electron chi connectivity index (χ0n) is 15.4. The van der Waals surface area contributed by atoms with Gasteiger partial charge in [-0.3, -0.25) is 23.8 Å². The van der Waals surface area contributed by atoms with E-state index < -0.39 is 21.0 Å². The summed E-state index contributed by atoms with van der Waals surface area (Å²) in [5.41, 5.74) is 0.803. The van der Waals surface area contributed by atoms with Gasteiger partial charge in [-0.15, -0.1) is 0 Å². The molecule has 29 heavy (non-hydrogen) atoms. The van der Waals surface area contributed by atoms with E-state index in [9.17, 15) is 22.8 Å². The van der Waals surface area contributed by atoms with Gasteiger partial charge in [0.2, 0.25) is 0 Å². The predicted octanol–water partition coefficient (Wildman–Crippen LogP) is 2.70. The summed E-state index contributed by atoms with van der Waals surface area (Å²) in [6.07, 6.45) is 1.57. The Bertz CT molecular complexity index is 1030. The molecule has 0 spiro atoms. The average Bonchev–Trinajstić information content (AvgIpc) is 2.92. The van der Waals surface area contributed by atoms with Crippen LogP contribution in [0.3, 0.4) is 0 Å². The lowest BCUT2D eigenvalue weighted by Crippen LogP contribution is -2.30. The number of ether oxygens (including phenoxy) is 1. The van der Waals surface area contributed by atoms with Crippen molar-refractivity contribution in [3.63, 3.8) is 0 Å². The number of benzene rings is 2. The molecule has 0 saturated carbocycles. The normalized spacial score (nSPS) is 13.5. The third kappa shape index (κ3) is 4.69. The van der Waals surface area contributed by atoms with Gasteiger partial charge in [0.05, 0.1) is 11.1 Å². The molecule has 0 radical (unpaired) electrons. The Labute approximate surface area is 167 Å². The summed E-state index contributed by atoms with van der Waals surface area (Å²) in [5.74, 6) is -1.49. The lowest BCUT2D eigenvalue weighted by molar-refractivity contribution is -0.134. The largest absolute Gasteiger partial charge is 0.425 e. The number of fused-ring (bicyclic) bond motifs is 1. The molecule has 8 nitrogen and oxygen atoms in total. The summed E-state index contributed by atoms with van der Waals surface area (Å²) in [5, 5.41) is 0. The molecule has 0 aromatic heterocycles. The summed E-state index contributed by atoms with van der Waals surface area (Å²) in [6, 6.07) is 12.0. The third-order valence-corrected chi connectivity index (χ3v) is 5.38. The van der Waals surface area contributed by atoms with E-state index in [1.54, 1.807) is 24.3 Å². The van der Waals surface area contributed by atoms with Gasteiger partial charge in [0.15, 0.2) is 5.75 Å². The second kappa shape index (κ2) is 8.54. The summed E-state index contributed by atoms with van der Waals surface area (Å²) < 4.78 is 36.8. The molecule has 2 aromatic rings. The number of rotatable bonds is 8. The fourth-order valence-corrected chi connectivity index (χ4v) is 3.69. The number of unbranched alkanes of at least 4 members (excludes halogenated alkanes) is 2. The highest BCUT2D eigenvalue weighted by Crippen LogP contribution is 2.24. The van der Waals surface area contributed by atoms with E-state index in [1.807, 2.05) is 0 Å². The van der Waals surface area contributed by atoms with Crippen LogP contribution < -0.4 is 4.74 Å². The first-order valence-electron chi connectivity index (χ1n) is 9.01. The molecule has 2 amide bonds. The summed E-state index contributed by atoms with van der Waals surface area (Å²) in [6.45, 7) is 0.257. The minimum absolute atomic E-state index is 0.0297.